The van der Waals surface area contributed by atoms with E-state index in [1.165, 1.54) is 36.7 Å². The Labute approximate surface area is 143 Å². The van der Waals surface area contributed by atoms with E-state index in [1.54, 1.807) is 6.92 Å². The second-order valence-corrected chi connectivity index (χ2v) is 6.59. The molecule has 2 aromatic heterocycles. The first-order valence-corrected chi connectivity index (χ1v) is 8.21. The number of nitrogens with zero attached hydrogens (tertiary/aromatic N) is 2. The first-order chi connectivity index (χ1) is 11.4. The zero-order valence-electron chi connectivity index (χ0n) is 14.0. The third kappa shape index (κ3) is 4.76. The molecule has 1 amide bonds. The standard InChI is InChI=1S/C16H19N3O4S/c1-9(2)7-14-18-19-16(24-14)17-13(20)6-5-11-8-12(10(3)23-11)15(21)22-4/h5-6,8-9H,7H2,1-4H3,(H,17,19,20)/b6-5+. The second kappa shape index (κ2) is 7.87. The Kier molecular flexibility index (Phi) is 5.86. The Balaban J connectivity index is 1.98. The van der Waals surface area contributed by atoms with Gasteiger partial charge < -0.3 is 9.15 Å². The number of hydrogen-bond acceptors (Lipinski definition) is 7. The van der Waals surface area contributed by atoms with Crippen LogP contribution in [0.3, 0.4) is 0 Å². The van der Waals surface area contributed by atoms with Gasteiger partial charge in [-0.25, -0.2) is 4.79 Å². The van der Waals surface area contributed by atoms with Gasteiger partial charge in [-0.2, -0.15) is 0 Å². The summed E-state index contributed by atoms with van der Waals surface area (Å²) in [5.74, 6) is 0.473. The van der Waals surface area contributed by atoms with Crippen molar-refractivity contribution in [2.24, 2.45) is 5.92 Å². The predicted octanol–water partition coefficient (Wildman–Crippen LogP) is 3.08. The van der Waals surface area contributed by atoms with Crippen molar-refractivity contribution in [3.8, 4) is 0 Å². The Morgan fingerprint density at radius 1 is 1.42 bits per heavy atom. The van der Waals surface area contributed by atoms with Crippen molar-refractivity contribution in [2.45, 2.75) is 27.2 Å². The summed E-state index contributed by atoms with van der Waals surface area (Å²) in [5, 5.41) is 11.9. The normalized spacial score (nSPS) is 11.2. The highest BCUT2D eigenvalue weighted by atomic mass is 32.1. The van der Waals surface area contributed by atoms with Gasteiger partial charge in [-0.15, -0.1) is 10.2 Å². The van der Waals surface area contributed by atoms with Crippen LogP contribution in [0.2, 0.25) is 0 Å². The van der Waals surface area contributed by atoms with Crippen molar-refractivity contribution in [2.75, 3.05) is 12.4 Å². The quantitative estimate of drug-likeness (QED) is 0.636. The lowest BCUT2D eigenvalue weighted by Crippen LogP contribution is -2.07. The molecule has 2 rings (SSSR count). The molecule has 0 spiro atoms. The van der Waals surface area contributed by atoms with Gasteiger partial charge in [0.05, 0.1) is 7.11 Å². The molecule has 0 fully saturated rings. The summed E-state index contributed by atoms with van der Waals surface area (Å²) in [7, 11) is 1.30. The average molecular weight is 349 g/mol. The number of nitrogens with one attached hydrogen (secondary N) is 1. The number of anilines is 1. The summed E-state index contributed by atoms with van der Waals surface area (Å²) >= 11 is 1.35. The molecule has 7 nitrogen and oxygen atoms in total. The van der Waals surface area contributed by atoms with Gasteiger partial charge in [-0.05, 0) is 25.0 Å². The van der Waals surface area contributed by atoms with Crippen molar-refractivity contribution < 1.29 is 18.7 Å². The van der Waals surface area contributed by atoms with Crippen LogP contribution < -0.4 is 5.32 Å². The van der Waals surface area contributed by atoms with Crippen LogP contribution >= 0.6 is 11.3 Å². The SMILES string of the molecule is COC(=O)c1cc(/C=C/C(=O)Nc2nnc(CC(C)C)s2)oc1C. The summed E-state index contributed by atoms with van der Waals surface area (Å²) in [4.78, 5) is 23.4. The molecule has 0 saturated heterocycles. The average Bonchev–Trinajstić information content (AvgIpc) is 3.10. The number of aromatic nitrogens is 2. The number of rotatable bonds is 6. The largest absolute Gasteiger partial charge is 0.465 e. The molecule has 2 heterocycles. The van der Waals surface area contributed by atoms with E-state index in [9.17, 15) is 9.59 Å². The third-order valence-electron chi connectivity index (χ3n) is 3.02. The molecular weight excluding hydrogens is 330 g/mol. The van der Waals surface area contributed by atoms with Crippen molar-refractivity contribution in [3.05, 3.63) is 34.2 Å². The number of carbonyl (C=O) groups excluding carboxylic acids is 2. The van der Waals surface area contributed by atoms with E-state index in [-0.39, 0.29) is 5.91 Å². The van der Waals surface area contributed by atoms with Gasteiger partial charge in [0.15, 0.2) is 0 Å². The van der Waals surface area contributed by atoms with Crippen LogP contribution in [0, 0.1) is 12.8 Å². The predicted molar refractivity (Wildman–Crippen MR) is 90.9 cm³/mol. The Morgan fingerprint density at radius 2 is 2.17 bits per heavy atom. The number of esters is 1. The van der Waals surface area contributed by atoms with Crippen LogP contribution in [0.25, 0.3) is 6.08 Å². The van der Waals surface area contributed by atoms with Gasteiger partial charge in [-0.3, -0.25) is 10.1 Å². The van der Waals surface area contributed by atoms with Gasteiger partial charge in [0, 0.05) is 12.5 Å². The molecule has 128 valence electrons. The number of ether oxygens (including phenoxy) is 1. The maximum absolute atomic E-state index is 11.9. The first kappa shape index (κ1) is 17.9. The molecule has 0 atom stereocenters. The number of furan rings is 1. The van der Waals surface area contributed by atoms with Crippen LogP contribution in [0.1, 0.15) is 40.7 Å². The summed E-state index contributed by atoms with van der Waals surface area (Å²) < 4.78 is 10.0. The topological polar surface area (TPSA) is 94.3 Å². The molecule has 2 aromatic rings. The Morgan fingerprint density at radius 3 is 2.83 bits per heavy atom. The lowest BCUT2D eigenvalue weighted by atomic mass is 10.1. The summed E-state index contributed by atoms with van der Waals surface area (Å²) in [6, 6.07) is 1.52. The van der Waals surface area contributed by atoms with Crippen LogP contribution in [0.4, 0.5) is 5.13 Å². The minimum absolute atomic E-state index is 0.333. The van der Waals surface area contributed by atoms with Crippen molar-refractivity contribution in [3.63, 3.8) is 0 Å². The van der Waals surface area contributed by atoms with Crippen LogP contribution in [-0.2, 0) is 16.0 Å². The van der Waals surface area contributed by atoms with Crippen LogP contribution in [-0.4, -0.2) is 29.2 Å². The van der Waals surface area contributed by atoms with Gasteiger partial charge in [-0.1, -0.05) is 25.2 Å². The molecule has 0 aliphatic rings. The van der Waals surface area contributed by atoms with Crippen LogP contribution in [0.5, 0.6) is 0 Å². The van der Waals surface area contributed by atoms with Gasteiger partial charge in [0.2, 0.25) is 11.0 Å². The molecule has 0 aromatic carbocycles. The molecule has 0 radical (unpaired) electrons. The van der Waals surface area contributed by atoms with Gasteiger partial charge >= 0.3 is 5.97 Å². The monoisotopic (exact) mass is 349 g/mol. The molecule has 0 bridgehead atoms. The Bertz CT molecular complexity index is 761. The lowest BCUT2D eigenvalue weighted by molar-refractivity contribution is -0.111. The molecule has 0 aliphatic heterocycles. The zero-order chi connectivity index (χ0) is 17.7. The molecule has 0 aliphatic carbocycles. The van der Waals surface area contributed by atoms with Gasteiger partial charge in [0.25, 0.3) is 0 Å². The molecule has 8 heteroatoms. The highest BCUT2D eigenvalue weighted by Gasteiger charge is 2.14. The van der Waals surface area contributed by atoms with E-state index >= 15 is 0 Å². The van der Waals surface area contributed by atoms with E-state index in [2.05, 4.69) is 34.1 Å². The minimum atomic E-state index is -0.480. The smallest absolute Gasteiger partial charge is 0.341 e. The molecule has 0 unspecified atom stereocenters. The Hall–Kier alpha value is -2.48. The number of carbonyl (C=O) groups is 2. The number of hydrogen-bond donors (Lipinski definition) is 1. The van der Waals surface area contributed by atoms with E-state index in [4.69, 9.17) is 4.42 Å². The first-order valence-electron chi connectivity index (χ1n) is 7.39. The summed E-state index contributed by atoms with van der Waals surface area (Å²) in [6.07, 6.45) is 3.61. The number of aryl methyl sites for hydroxylation is 1. The molecule has 0 saturated carbocycles. The molecule has 1 N–H and O–H groups in total. The van der Waals surface area contributed by atoms with Gasteiger partial charge in [0.1, 0.15) is 22.1 Å². The zero-order valence-corrected chi connectivity index (χ0v) is 14.8. The number of amides is 1. The minimum Gasteiger partial charge on any atom is -0.465 e. The van der Waals surface area contributed by atoms with E-state index in [0.29, 0.717) is 28.1 Å². The summed E-state index contributed by atoms with van der Waals surface area (Å²) in [6.45, 7) is 5.84. The highest BCUT2D eigenvalue weighted by molar-refractivity contribution is 7.15. The fraction of sp³-hybridized carbons (Fsp3) is 0.375. The van der Waals surface area contributed by atoms with E-state index in [1.807, 2.05) is 0 Å². The fourth-order valence-corrected chi connectivity index (χ4v) is 2.90. The number of methoxy groups -OCH3 is 1. The maximum atomic E-state index is 11.9. The third-order valence-corrected chi connectivity index (χ3v) is 3.88. The van der Waals surface area contributed by atoms with Crippen molar-refractivity contribution >= 4 is 34.4 Å². The fourth-order valence-electron chi connectivity index (χ4n) is 1.94. The molecular formula is C16H19N3O4S. The maximum Gasteiger partial charge on any atom is 0.341 e. The van der Waals surface area contributed by atoms with E-state index < -0.39 is 5.97 Å². The second-order valence-electron chi connectivity index (χ2n) is 5.53. The lowest BCUT2D eigenvalue weighted by Gasteiger charge is -1.97. The summed E-state index contributed by atoms with van der Waals surface area (Å²) in [5.41, 5.74) is 0.333. The van der Waals surface area contributed by atoms with E-state index in [0.717, 1.165) is 11.4 Å². The van der Waals surface area contributed by atoms with Crippen LogP contribution in [0.15, 0.2) is 16.6 Å². The molecule has 24 heavy (non-hydrogen) atoms. The highest BCUT2D eigenvalue weighted by Crippen LogP contribution is 2.19. The van der Waals surface area contributed by atoms with Crippen molar-refractivity contribution in [1.82, 2.24) is 10.2 Å². The van der Waals surface area contributed by atoms with Crippen molar-refractivity contribution in [1.29, 1.82) is 0 Å².